The molecule has 20 heavy (non-hydrogen) atoms. The van der Waals surface area contributed by atoms with Gasteiger partial charge in [0.1, 0.15) is 0 Å². The first-order valence-electron chi connectivity index (χ1n) is 7.30. The van der Waals surface area contributed by atoms with E-state index in [1.807, 2.05) is 4.90 Å². The molecule has 0 aromatic rings. The second-order valence-corrected chi connectivity index (χ2v) is 5.69. The summed E-state index contributed by atoms with van der Waals surface area (Å²) in [7, 11) is 0. The number of nitrogens with one attached hydrogen (secondary N) is 1. The zero-order valence-corrected chi connectivity index (χ0v) is 13.4. The van der Waals surface area contributed by atoms with Gasteiger partial charge in [-0.3, -0.25) is 9.59 Å². The second kappa shape index (κ2) is 10.00. The van der Waals surface area contributed by atoms with Crippen LogP contribution in [0.3, 0.4) is 0 Å². The van der Waals surface area contributed by atoms with Gasteiger partial charge in [-0.15, -0.1) is 12.4 Å². The van der Waals surface area contributed by atoms with Crippen molar-refractivity contribution in [1.82, 2.24) is 10.2 Å². The molecule has 0 aliphatic carbocycles. The lowest BCUT2D eigenvalue weighted by atomic mass is 9.96. The Morgan fingerprint density at radius 1 is 1.40 bits per heavy atom. The third-order valence-electron chi connectivity index (χ3n) is 3.52. The van der Waals surface area contributed by atoms with Crippen molar-refractivity contribution in [3.05, 3.63) is 0 Å². The van der Waals surface area contributed by atoms with E-state index < -0.39 is 0 Å². The van der Waals surface area contributed by atoms with Crippen LogP contribution in [0.25, 0.3) is 0 Å². The predicted octanol–water partition coefficient (Wildman–Crippen LogP) is 1.16. The highest BCUT2D eigenvalue weighted by Crippen LogP contribution is 2.18. The summed E-state index contributed by atoms with van der Waals surface area (Å²) in [5, 5.41) is 2.81. The van der Waals surface area contributed by atoms with Gasteiger partial charge in [0.05, 0.1) is 5.92 Å². The van der Waals surface area contributed by atoms with Gasteiger partial charge < -0.3 is 16.0 Å². The fraction of sp³-hybridized carbons (Fsp3) is 0.857. The van der Waals surface area contributed by atoms with Gasteiger partial charge >= 0.3 is 0 Å². The van der Waals surface area contributed by atoms with Gasteiger partial charge in [0, 0.05) is 32.6 Å². The molecular formula is C14H28ClN3O2. The Balaban J connectivity index is 0.00000361. The molecule has 3 N–H and O–H groups in total. The average Bonchev–Trinajstić information content (AvgIpc) is 2.42. The Morgan fingerprint density at radius 2 is 2.10 bits per heavy atom. The van der Waals surface area contributed by atoms with Crippen molar-refractivity contribution in [2.75, 3.05) is 26.2 Å². The summed E-state index contributed by atoms with van der Waals surface area (Å²) in [6.45, 7) is 6.55. The van der Waals surface area contributed by atoms with Gasteiger partial charge in [-0.25, -0.2) is 0 Å². The van der Waals surface area contributed by atoms with Gasteiger partial charge in [-0.05, 0) is 25.2 Å². The number of piperidine rings is 1. The molecule has 1 fully saturated rings. The van der Waals surface area contributed by atoms with Crippen molar-refractivity contribution in [3.63, 3.8) is 0 Å². The number of likely N-dealkylation sites (tertiary alicyclic amines) is 1. The van der Waals surface area contributed by atoms with Crippen molar-refractivity contribution in [2.24, 2.45) is 17.6 Å². The van der Waals surface area contributed by atoms with Crippen LogP contribution in [0.1, 0.15) is 39.5 Å². The number of carbonyl (C=O) groups is 2. The molecule has 1 aliphatic rings. The van der Waals surface area contributed by atoms with E-state index in [9.17, 15) is 9.59 Å². The number of amides is 2. The Morgan fingerprint density at radius 3 is 2.70 bits per heavy atom. The summed E-state index contributed by atoms with van der Waals surface area (Å²) in [5.41, 5.74) is 5.37. The maximum atomic E-state index is 12.1. The van der Waals surface area contributed by atoms with Gasteiger partial charge in [0.2, 0.25) is 11.8 Å². The summed E-state index contributed by atoms with van der Waals surface area (Å²) < 4.78 is 0. The molecule has 0 aromatic carbocycles. The van der Waals surface area contributed by atoms with Crippen molar-refractivity contribution in [1.29, 1.82) is 0 Å². The van der Waals surface area contributed by atoms with E-state index in [1.54, 1.807) is 0 Å². The van der Waals surface area contributed by atoms with Gasteiger partial charge in [-0.2, -0.15) is 0 Å². The largest absolute Gasteiger partial charge is 0.355 e. The SMILES string of the molecule is CC(C)CCC(=O)N1CCCC(C(=O)NCCN)C1.Cl. The maximum absolute atomic E-state index is 12.1. The first-order chi connectivity index (χ1) is 9.04. The van der Waals surface area contributed by atoms with Crippen LogP contribution in [0.5, 0.6) is 0 Å². The van der Waals surface area contributed by atoms with Crippen LogP contribution in [0.2, 0.25) is 0 Å². The van der Waals surface area contributed by atoms with Crippen LogP contribution in [0, 0.1) is 11.8 Å². The topological polar surface area (TPSA) is 75.4 Å². The average molecular weight is 306 g/mol. The molecule has 1 atom stereocenters. The molecule has 1 aliphatic heterocycles. The number of nitrogens with zero attached hydrogens (tertiary/aromatic N) is 1. The maximum Gasteiger partial charge on any atom is 0.224 e. The van der Waals surface area contributed by atoms with Crippen molar-refractivity contribution in [3.8, 4) is 0 Å². The molecule has 1 rings (SSSR count). The van der Waals surface area contributed by atoms with E-state index in [1.165, 1.54) is 0 Å². The zero-order valence-electron chi connectivity index (χ0n) is 12.6. The second-order valence-electron chi connectivity index (χ2n) is 5.69. The van der Waals surface area contributed by atoms with Crippen LogP contribution < -0.4 is 11.1 Å². The lowest BCUT2D eigenvalue weighted by Gasteiger charge is -2.32. The van der Waals surface area contributed by atoms with Crippen LogP contribution in [-0.4, -0.2) is 42.9 Å². The molecule has 6 heteroatoms. The summed E-state index contributed by atoms with van der Waals surface area (Å²) >= 11 is 0. The number of hydrogen-bond acceptors (Lipinski definition) is 3. The van der Waals surface area contributed by atoms with Crippen LogP contribution in [-0.2, 0) is 9.59 Å². The molecule has 0 bridgehead atoms. The lowest BCUT2D eigenvalue weighted by Crippen LogP contribution is -2.46. The Labute approximate surface area is 128 Å². The first kappa shape index (κ1) is 19.2. The molecular weight excluding hydrogens is 278 g/mol. The van der Waals surface area contributed by atoms with Crippen LogP contribution >= 0.6 is 12.4 Å². The number of halogens is 1. The summed E-state index contributed by atoms with van der Waals surface area (Å²) in [6.07, 6.45) is 3.28. The van der Waals surface area contributed by atoms with Crippen LogP contribution in [0.4, 0.5) is 0 Å². The van der Waals surface area contributed by atoms with E-state index in [2.05, 4.69) is 19.2 Å². The highest BCUT2D eigenvalue weighted by atomic mass is 35.5. The molecule has 0 aromatic heterocycles. The predicted molar refractivity (Wildman–Crippen MR) is 82.7 cm³/mol. The normalized spacial score (nSPS) is 18.6. The standard InChI is InChI=1S/C14H27N3O2.ClH/c1-11(2)5-6-13(18)17-9-3-4-12(10-17)14(19)16-8-7-15;/h11-12H,3-10,15H2,1-2H3,(H,16,19);1H. The third-order valence-corrected chi connectivity index (χ3v) is 3.52. The number of carbonyl (C=O) groups excluding carboxylic acids is 2. The van der Waals surface area contributed by atoms with E-state index >= 15 is 0 Å². The van der Waals surface area contributed by atoms with E-state index in [0.29, 0.717) is 32.0 Å². The molecule has 118 valence electrons. The summed E-state index contributed by atoms with van der Waals surface area (Å²) in [4.78, 5) is 25.8. The van der Waals surface area contributed by atoms with Crippen molar-refractivity contribution in [2.45, 2.75) is 39.5 Å². The van der Waals surface area contributed by atoms with Crippen LogP contribution in [0.15, 0.2) is 0 Å². The summed E-state index contributed by atoms with van der Waals surface area (Å²) in [6, 6.07) is 0. The molecule has 1 saturated heterocycles. The van der Waals surface area contributed by atoms with Gasteiger partial charge in [0.15, 0.2) is 0 Å². The molecule has 5 nitrogen and oxygen atoms in total. The van der Waals surface area contributed by atoms with E-state index in [0.717, 1.165) is 25.8 Å². The number of nitrogens with two attached hydrogens (primary N) is 1. The van der Waals surface area contributed by atoms with Crippen molar-refractivity contribution < 1.29 is 9.59 Å². The minimum Gasteiger partial charge on any atom is -0.355 e. The highest BCUT2D eigenvalue weighted by molar-refractivity contribution is 5.85. The fourth-order valence-electron chi connectivity index (χ4n) is 2.33. The molecule has 1 heterocycles. The lowest BCUT2D eigenvalue weighted by molar-refractivity contribution is -0.135. The third kappa shape index (κ3) is 6.57. The smallest absolute Gasteiger partial charge is 0.224 e. The minimum absolute atomic E-state index is 0. The Bertz CT molecular complexity index is 311. The summed E-state index contributed by atoms with van der Waals surface area (Å²) in [5.74, 6) is 0.692. The first-order valence-corrected chi connectivity index (χ1v) is 7.30. The van der Waals surface area contributed by atoms with Gasteiger partial charge in [-0.1, -0.05) is 13.8 Å². The van der Waals surface area contributed by atoms with Gasteiger partial charge in [0.25, 0.3) is 0 Å². The zero-order chi connectivity index (χ0) is 14.3. The molecule has 0 spiro atoms. The van der Waals surface area contributed by atoms with Crippen molar-refractivity contribution >= 4 is 24.2 Å². The molecule has 0 radical (unpaired) electrons. The molecule has 0 saturated carbocycles. The molecule has 2 amide bonds. The Hall–Kier alpha value is -0.810. The van der Waals surface area contributed by atoms with E-state index in [-0.39, 0.29) is 30.1 Å². The molecule has 1 unspecified atom stereocenters. The minimum atomic E-state index is -0.0664. The number of rotatable bonds is 6. The number of hydrogen-bond donors (Lipinski definition) is 2. The van der Waals surface area contributed by atoms with E-state index in [4.69, 9.17) is 5.73 Å². The Kier molecular flexibility index (Phi) is 9.59. The fourth-order valence-corrected chi connectivity index (χ4v) is 2.33. The quantitative estimate of drug-likeness (QED) is 0.773. The monoisotopic (exact) mass is 305 g/mol. The highest BCUT2D eigenvalue weighted by Gasteiger charge is 2.27.